The molecule has 1 fully saturated rings. The van der Waals surface area contributed by atoms with Gasteiger partial charge < -0.3 is 10.6 Å². The van der Waals surface area contributed by atoms with Crippen LogP contribution >= 0.6 is 0 Å². The van der Waals surface area contributed by atoms with Gasteiger partial charge >= 0.3 is 0 Å². The molecule has 2 atom stereocenters. The number of piperazine rings is 1. The van der Waals surface area contributed by atoms with Gasteiger partial charge in [-0.25, -0.2) is 0 Å². The van der Waals surface area contributed by atoms with Gasteiger partial charge in [0.05, 0.1) is 0 Å². The van der Waals surface area contributed by atoms with Crippen molar-refractivity contribution in [3.63, 3.8) is 0 Å². The SMILES string of the molecule is CCC(N)CS(=O)CCN1CCN(C)CC1. The van der Waals surface area contributed by atoms with Crippen molar-refractivity contribution >= 4 is 10.8 Å². The predicted octanol–water partition coefficient (Wildman–Crippen LogP) is -0.280. The van der Waals surface area contributed by atoms with Gasteiger partial charge in [0, 0.05) is 61.1 Å². The average molecular weight is 247 g/mol. The van der Waals surface area contributed by atoms with E-state index in [2.05, 4.69) is 16.8 Å². The summed E-state index contributed by atoms with van der Waals surface area (Å²) in [6.45, 7) is 7.46. The number of likely N-dealkylation sites (N-methyl/N-ethyl adjacent to an activating group) is 1. The van der Waals surface area contributed by atoms with Gasteiger partial charge in [-0.2, -0.15) is 0 Å². The second-order valence-electron chi connectivity index (χ2n) is 4.62. The van der Waals surface area contributed by atoms with E-state index in [1.54, 1.807) is 0 Å². The molecule has 96 valence electrons. The molecule has 1 saturated heterocycles. The van der Waals surface area contributed by atoms with Crippen LogP contribution in [0.3, 0.4) is 0 Å². The fraction of sp³-hybridized carbons (Fsp3) is 1.00. The molecule has 1 heterocycles. The molecule has 0 aliphatic carbocycles. The van der Waals surface area contributed by atoms with Crippen molar-refractivity contribution in [2.24, 2.45) is 5.73 Å². The largest absolute Gasteiger partial charge is 0.327 e. The molecule has 0 aromatic rings. The molecule has 0 amide bonds. The summed E-state index contributed by atoms with van der Waals surface area (Å²) in [4.78, 5) is 4.73. The van der Waals surface area contributed by atoms with Gasteiger partial charge in [0.1, 0.15) is 0 Å². The molecule has 0 bridgehead atoms. The van der Waals surface area contributed by atoms with Crippen molar-refractivity contribution in [1.82, 2.24) is 9.80 Å². The lowest BCUT2D eigenvalue weighted by atomic mass is 10.3. The second-order valence-corrected chi connectivity index (χ2v) is 6.25. The van der Waals surface area contributed by atoms with Gasteiger partial charge in [0.25, 0.3) is 0 Å². The van der Waals surface area contributed by atoms with Crippen LogP contribution in [0.25, 0.3) is 0 Å². The molecule has 5 heteroatoms. The van der Waals surface area contributed by atoms with Gasteiger partial charge in [0.2, 0.25) is 0 Å². The summed E-state index contributed by atoms with van der Waals surface area (Å²) in [5, 5.41) is 0. The molecular formula is C11H25N3OS. The van der Waals surface area contributed by atoms with Crippen LogP contribution in [0.1, 0.15) is 13.3 Å². The third-order valence-electron chi connectivity index (χ3n) is 3.16. The maximum atomic E-state index is 11.7. The number of hydrogen-bond donors (Lipinski definition) is 1. The van der Waals surface area contributed by atoms with Gasteiger partial charge in [-0.05, 0) is 13.5 Å². The molecule has 0 aromatic carbocycles. The molecule has 4 nitrogen and oxygen atoms in total. The molecule has 1 rings (SSSR count). The summed E-state index contributed by atoms with van der Waals surface area (Å²) in [6.07, 6.45) is 0.917. The Bertz CT molecular complexity index is 217. The molecule has 0 saturated carbocycles. The predicted molar refractivity (Wildman–Crippen MR) is 70.1 cm³/mol. The topological polar surface area (TPSA) is 49.6 Å². The first-order valence-corrected chi connectivity index (χ1v) is 7.62. The zero-order valence-corrected chi connectivity index (χ0v) is 11.3. The van der Waals surface area contributed by atoms with Crippen LogP contribution in [0.5, 0.6) is 0 Å². The third kappa shape index (κ3) is 5.39. The Morgan fingerprint density at radius 2 is 1.94 bits per heavy atom. The van der Waals surface area contributed by atoms with Crippen LogP contribution in [0.15, 0.2) is 0 Å². The van der Waals surface area contributed by atoms with Crippen LogP contribution < -0.4 is 5.73 Å². The first-order chi connectivity index (χ1) is 7.61. The van der Waals surface area contributed by atoms with E-state index in [-0.39, 0.29) is 6.04 Å². The highest BCUT2D eigenvalue weighted by molar-refractivity contribution is 7.85. The van der Waals surface area contributed by atoms with Crippen molar-refractivity contribution in [2.75, 3.05) is 51.3 Å². The maximum absolute atomic E-state index is 11.7. The van der Waals surface area contributed by atoms with Crippen LogP contribution in [0, 0.1) is 0 Å². The number of nitrogens with zero attached hydrogens (tertiary/aromatic N) is 2. The molecule has 2 N–H and O–H groups in total. The summed E-state index contributed by atoms with van der Waals surface area (Å²) in [5.74, 6) is 1.43. The monoisotopic (exact) mass is 247 g/mol. The van der Waals surface area contributed by atoms with E-state index in [9.17, 15) is 4.21 Å². The lowest BCUT2D eigenvalue weighted by Gasteiger charge is -2.32. The summed E-state index contributed by atoms with van der Waals surface area (Å²) < 4.78 is 11.7. The van der Waals surface area contributed by atoms with Crippen molar-refractivity contribution in [2.45, 2.75) is 19.4 Å². The van der Waals surface area contributed by atoms with E-state index in [0.29, 0.717) is 5.75 Å². The van der Waals surface area contributed by atoms with E-state index in [4.69, 9.17) is 5.73 Å². The molecular weight excluding hydrogens is 222 g/mol. The standard InChI is InChI=1S/C11H25N3OS/c1-3-11(12)10-16(15)9-8-14-6-4-13(2)5-7-14/h11H,3-10,12H2,1-2H3. The molecule has 16 heavy (non-hydrogen) atoms. The maximum Gasteiger partial charge on any atom is 0.0387 e. The number of nitrogens with two attached hydrogens (primary N) is 1. The Morgan fingerprint density at radius 1 is 1.31 bits per heavy atom. The van der Waals surface area contributed by atoms with Gasteiger partial charge in [-0.1, -0.05) is 6.92 Å². The van der Waals surface area contributed by atoms with E-state index in [1.165, 1.54) is 0 Å². The Kier molecular flexibility index (Phi) is 6.49. The lowest BCUT2D eigenvalue weighted by molar-refractivity contribution is 0.161. The van der Waals surface area contributed by atoms with Crippen LogP contribution in [-0.4, -0.2) is 71.3 Å². The van der Waals surface area contributed by atoms with E-state index >= 15 is 0 Å². The minimum atomic E-state index is -0.741. The summed E-state index contributed by atoms with van der Waals surface area (Å²) in [7, 11) is 1.41. The molecule has 0 radical (unpaired) electrons. The number of hydrogen-bond acceptors (Lipinski definition) is 4. The number of rotatable bonds is 6. The lowest BCUT2D eigenvalue weighted by Crippen LogP contribution is -2.45. The molecule has 0 aromatic heterocycles. The second kappa shape index (κ2) is 7.37. The quantitative estimate of drug-likeness (QED) is 0.701. The van der Waals surface area contributed by atoms with Crippen LogP contribution in [0.4, 0.5) is 0 Å². The average Bonchev–Trinajstić information content (AvgIpc) is 2.28. The van der Waals surface area contributed by atoms with Crippen LogP contribution in [0.2, 0.25) is 0 Å². The van der Waals surface area contributed by atoms with Crippen molar-refractivity contribution in [3.8, 4) is 0 Å². The zero-order chi connectivity index (χ0) is 12.0. The van der Waals surface area contributed by atoms with E-state index in [1.807, 2.05) is 6.92 Å². The summed E-state index contributed by atoms with van der Waals surface area (Å²) in [5.41, 5.74) is 5.79. The smallest absolute Gasteiger partial charge is 0.0387 e. The Hall–Kier alpha value is 0.0300. The first kappa shape index (κ1) is 14.1. The minimum Gasteiger partial charge on any atom is -0.327 e. The van der Waals surface area contributed by atoms with Gasteiger partial charge in [0.15, 0.2) is 0 Å². The highest BCUT2D eigenvalue weighted by Gasteiger charge is 2.14. The van der Waals surface area contributed by atoms with Crippen molar-refractivity contribution in [1.29, 1.82) is 0 Å². The fourth-order valence-corrected chi connectivity index (χ4v) is 3.08. The molecule has 1 aliphatic rings. The molecule has 0 spiro atoms. The normalized spacial score (nSPS) is 23.2. The third-order valence-corrected chi connectivity index (χ3v) is 4.59. The highest BCUT2D eigenvalue weighted by atomic mass is 32.2. The molecule has 1 aliphatic heterocycles. The first-order valence-electron chi connectivity index (χ1n) is 6.13. The Labute approximate surface area is 102 Å². The van der Waals surface area contributed by atoms with E-state index in [0.717, 1.165) is 44.9 Å². The van der Waals surface area contributed by atoms with Crippen molar-refractivity contribution < 1.29 is 4.21 Å². The highest BCUT2D eigenvalue weighted by Crippen LogP contribution is 2.00. The molecule has 2 unspecified atom stereocenters. The Morgan fingerprint density at radius 3 is 2.50 bits per heavy atom. The Balaban J connectivity index is 2.12. The minimum absolute atomic E-state index is 0.105. The summed E-state index contributed by atoms with van der Waals surface area (Å²) in [6, 6.07) is 0.105. The van der Waals surface area contributed by atoms with Crippen molar-refractivity contribution in [3.05, 3.63) is 0 Å². The van der Waals surface area contributed by atoms with Crippen LogP contribution in [-0.2, 0) is 10.8 Å². The fourth-order valence-electron chi connectivity index (χ4n) is 1.74. The zero-order valence-electron chi connectivity index (χ0n) is 10.5. The summed E-state index contributed by atoms with van der Waals surface area (Å²) >= 11 is 0. The van der Waals surface area contributed by atoms with E-state index < -0.39 is 10.8 Å². The van der Waals surface area contributed by atoms with Gasteiger partial charge in [-0.3, -0.25) is 9.11 Å². The van der Waals surface area contributed by atoms with Gasteiger partial charge in [-0.15, -0.1) is 0 Å².